The van der Waals surface area contributed by atoms with Gasteiger partial charge in [0.25, 0.3) is 0 Å². The monoisotopic (exact) mass is 560 g/mol. The number of anilines is 1. The Balaban J connectivity index is 1.33. The van der Waals surface area contributed by atoms with Gasteiger partial charge in [0.05, 0.1) is 23.9 Å². The van der Waals surface area contributed by atoms with Crippen LogP contribution in [0.1, 0.15) is 5.56 Å². The van der Waals surface area contributed by atoms with Gasteiger partial charge in [-0.2, -0.15) is 8.61 Å². The molecule has 0 amide bonds. The molecule has 38 heavy (non-hydrogen) atoms. The molecule has 2 N–H and O–H groups in total. The maximum absolute atomic E-state index is 13.6. The summed E-state index contributed by atoms with van der Waals surface area (Å²) in [5.74, 6) is -0.172. The molecule has 11 heteroatoms. The lowest BCUT2D eigenvalue weighted by atomic mass is 10.1. The number of fused-ring (bicyclic) bond motifs is 1. The Bertz CT molecular complexity index is 1440. The predicted octanol–water partition coefficient (Wildman–Crippen LogP) is 2.13. The summed E-state index contributed by atoms with van der Waals surface area (Å²) in [6, 6.07) is 20.5. The first-order valence-electron chi connectivity index (χ1n) is 12.6. The van der Waals surface area contributed by atoms with Gasteiger partial charge in [0.2, 0.25) is 20.0 Å². The van der Waals surface area contributed by atoms with Gasteiger partial charge >= 0.3 is 0 Å². The molecule has 0 spiro atoms. The molecule has 1 saturated heterocycles. The van der Waals surface area contributed by atoms with Crippen LogP contribution in [0.15, 0.2) is 71.6 Å². The Morgan fingerprint density at radius 2 is 1.47 bits per heavy atom. The summed E-state index contributed by atoms with van der Waals surface area (Å²) in [5.41, 5.74) is 8.14. The highest BCUT2D eigenvalue weighted by Crippen LogP contribution is 2.32. The van der Waals surface area contributed by atoms with E-state index in [0.717, 1.165) is 16.6 Å². The van der Waals surface area contributed by atoms with Crippen LogP contribution in [0.25, 0.3) is 10.8 Å². The molecule has 4 rings (SSSR count). The van der Waals surface area contributed by atoms with Crippen LogP contribution in [0.2, 0.25) is 0 Å². The SMILES string of the molecule is CN(C)c1cccc2c(S(=O)(=O)N3CCN(S(=O)(=O)CCOCC(N)Cc4ccccc4)CC3)cccc12. The van der Waals surface area contributed by atoms with Crippen LogP contribution < -0.4 is 10.6 Å². The first-order valence-corrected chi connectivity index (χ1v) is 15.7. The van der Waals surface area contributed by atoms with Crippen LogP contribution >= 0.6 is 0 Å². The summed E-state index contributed by atoms with van der Waals surface area (Å²) in [4.78, 5) is 2.18. The molecule has 3 aromatic rings. The zero-order chi connectivity index (χ0) is 27.3. The zero-order valence-electron chi connectivity index (χ0n) is 21.9. The van der Waals surface area contributed by atoms with Crippen molar-refractivity contribution < 1.29 is 21.6 Å². The van der Waals surface area contributed by atoms with E-state index in [9.17, 15) is 16.8 Å². The Morgan fingerprint density at radius 1 is 0.842 bits per heavy atom. The maximum Gasteiger partial charge on any atom is 0.243 e. The molecule has 0 saturated carbocycles. The molecule has 1 aliphatic rings. The predicted molar refractivity (Wildman–Crippen MR) is 151 cm³/mol. The minimum absolute atomic E-state index is 0.0353. The summed E-state index contributed by atoms with van der Waals surface area (Å²) in [6.45, 7) is 0.679. The fraction of sp³-hybridized carbons (Fsp3) is 0.407. The fourth-order valence-electron chi connectivity index (χ4n) is 4.71. The molecular formula is C27H36N4O5S2. The Morgan fingerprint density at radius 3 is 2.16 bits per heavy atom. The average molecular weight is 561 g/mol. The molecule has 0 aliphatic carbocycles. The summed E-state index contributed by atoms with van der Waals surface area (Å²) in [7, 11) is -3.55. The molecule has 0 radical (unpaired) electrons. The summed E-state index contributed by atoms with van der Waals surface area (Å²) < 4.78 is 61.1. The van der Waals surface area contributed by atoms with Crippen molar-refractivity contribution in [2.24, 2.45) is 5.73 Å². The van der Waals surface area contributed by atoms with E-state index < -0.39 is 20.0 Å². The summed E-state index contributed by atoms with van der Waals surface area (Å²) in [5, 5.41) is 1.50. The molecule has 9 nitrogen and oxygen atoms in total. The van der Waals surface area contributed by atoms with E-state index in [0.29, 0.717) is 11.8 Å². The van der Waals surface area contributed by atoms with Crippen molar-refractivity contribution in [3.05, 3.63) is 72.3 Å². The van der Waals surface area contributed by atoms with Crippen molar-refractivity contribution in [1.29, 1.82) is 0 Å². The molecule has 1 atom stereocenters. The van der Waals surface area contributed by atoms with Gasteiger partial charge in [0.1, 0.15) is 0 Å². The lowest BCUT2D eigenvalue weighted by Gasteiger charge is -2.33. The topological polar surface area (TPSA) is 113 Å². The number of ether oxygens (including phenoxy) is 1. The van der Waals surface area contributed by atoms with E-state index in [2.05, 4.69) is 0 Å². The second-order valence-corrected chi connectivity index (χ2v) is 13.7. The van der Waals surface area contributed by atoms with E-state index in [1.54, 1.807) is 12.1 Å². The normalized spacial score (nSPS) is 16.5. The highest BCUT2D eigenvalue weighted by Gasteiger charge is 2.33. The molecule has 206 valence electrons. The standard InChI is InChI=1S/C27H36N4O5S2/c1-29(2)26-12-6-11-25-24(26)10-7-13-27(25)38(34,35)31-16-14-30(15-17-31)37(32,33)19-18-36-21-23(28)20-22-8-4-3-5-9-22/h3-13,23H,14-21,28H2,1-2H3. The highest BCUT2D eigenvalue weighted by molar-refractivity contribution is 7.89. The molecule has 0 aromatic heterocycles. The number of hydrogen-bond donors (Lipinski definition) is 1. The summed E-state index contributed by atoms with van der Waals surface area (Å²) >= 11 is 0. The third kappa shape index (κ3) is 6.53. The van der Waals surface area contributed by atoms with Crippen molar-refractivity contribution in [2.45, 2.75) is 17.4 Å². The molecule has 1 fully saturated rings. The van der Waals surface area contributed by atoms with Gasteiger partial charge in [-0.25, -0.2) is 16.8 Å². The van der Waals surface area contributed by atoms with Gasteiger partial charge in [-0.15, -0.1) is 0 Å². The van der Waals surface area contributed by atoms with Crippen LogP contribution in [0.4, 0.5) is 5.69 Å². The van der Waals surface area contributed by atoms with Crippen LogP contribution in [-0.2, 0) is 31.2 Å². The number of hydrogen-bond acceptors (Lipinski definition) is 7. The Hall–Kier alpha value is -2.54. The molecular weight excluding hydrogens is 524 g/mol. The van der Waals surface area contributed by atoms with Crippen molar-refractivity contribution >= 4 is 36.5 Å². The Labute approximate surface area is 225 Å². The van der Waals surface area contributed by atoms with Gasteiger partial charge in [-0.05, 0) is 24.1 Å². The zero-order valence-corrected chi connectivity index (χ0v) is 23.5. The number of nitrogens with two attached hydrogens (primary N) is 1. The lowest BCUT2D eigenvalue weighted by molar-refractivity contribution is 0.133. The van der Waals surface area contributed by atoms with Gasteiger partial charge in [0.15, 0.2) is 0 Å². The minimum Gasteiger partial charge on any atom is -0.379 e. The number of nitrogens with zero attached hydrogens (tertiary/aromatic N) is 3. The second kappa shape index (κ2) is 12.1. The quantitative estimate of drug-likeness (QED) is 0.358. The largest absolute Gasteiger partial charge is 0.379 e. The van der Waals surface area contributed by atoms with Gasteiger partial charge in [0, 0.05) is 62.8 Å². The second-order valence-electron chi connectivity index (χ2n) is 9.67. The van der Waals surface area contributed by atoms with Crippen LogP contribution in [0, 0.1) is 0 Å². The average Bonchev–Trinajstić information content (AvgIpc) is 2.91. The van der Waals surface area contributed by atoms with E-state index in [1.165, 1.54) is 8.61 Å². The highest BCUT2D eigenvalue weighted by atomic mass is 32.2. The summed E-state index contributed by atoms with van der Waals surface area (Å²) in [6.07, 6.45) is 0.650. The van der Waals surface area contributed by atoms with Crippen molar-refractivity contribution in [2.75, 3.05) is 64.1 Å². The van der Waals surface area contributed by atoms with E-state index in [-0.39, 0.29) is 56.1 Å². The molecule has 1 unspecified atom stereocenters. The molecule has 1 heterocycles. The number of rotatable bonds is 11. The van der Waals surface area contributed by atoms with E-state index in [4.69, 9.17) is 10.5 Å². The van der Waals surface area contributed by atoms with Crippen molar-refractivity contribution in [1.82, 2.24) is 8.61 Å². The molecule has 1 aliphatic heterocycles. The van der Waals surface area contributed by atoms with Crippen molar-refractivity contribution in [3.63, 3.8) is 0 Å². The third-order valence-corrected chi connectivity index (χ3v) is 10.5. The van der Waals surface area contributed by atoms with Gasteiger partial charge < -0.3 is 15.4 Å². The first-order chi connectivity index (χ1) is 18.1. The van der Waals surface area contributed by atoms with Crippen molar-refractivity contribution in [3.8, 4) is 0 Å². The van der Waals surface area contributed by atoms with E-state index in [1.807, 2.05) is 73.6 Å². The van der Waals surface area contributed by atoms with Gasteiger partial charge in [-0.3, -0.25) is 0 Å². The van der Waals surface area contributed by atoms with Gasteiger partial charge in [-0.1, -0.05) is 54.6 Å². The van der Waals surface area contributed by atoms with E-state index >= 15 is 0 Å². The maximum atomic E-state index is 13.6. The van der Waals surface area contributed by atoms with Crippen LogP contribution in [-0.4, -0.2) is 90.7 Å². The Kier molecular flexibility index (Phi) is 9.07. The molecule has 3 aromatic carbocycles. The smallest absolute Gasteiger partial charge is 0.243 e. The van der Waals surface area contributed by atoms with Crippen LogP contribution in [0.3, 0.4) is 0 Å². The lowest BCUT2D eigenvalue weighted by Crippen LogP contribution is -2.51. The van der Waals surface area contributed by atoms with Crippen LogP contribution in [0.5, 0.6) is 0 Å². The third-order valence-electron chi connectivity index (χ3n) is 6.71. The number of piperazine rings is 1. The number of benzene rings is 3. The molecule has 0 bridgehead atoms. The number of sulfonamides is 2. The first kappa shape index (κ1) is 28.5. The fourth-order valence-corrected chi connectivity index (χ4v) is 7.65. The minimum atomic E-state index is -3.80.